The lowest BCUT2D eigenvalue weighted by Crippen LogP contribution is -2.42. The van der Waals surface area contributed by atoms with E-state index in [9.17, 15) is 96.5 Å². The SMILES string of the molecule is [2H]C1=C(C2=C([2H])C([2H])=C(C(F)(F)F)C(C)C2[2H])C([2H])C([2H])C(C([2H])([2H])N(CCN(CC)CC)C(=O)C([2H])([2H])n2c(SC([2H])([2H])c3c([2H])c([2H])c(F)c([2H])c3[2H])nc(=O)c3c2CCC3)=C1[2H].[2H]c1c([2H])c(C([2H])([2H])Sc2nc(=O)c3c(n2C([2H])([2H])C(=O)N(CCN(CC)CC)C([2H])(C)c2ccc(-c4ccc(C(F)(F)F)cc4)cc2)CCC3)c([2H])c([2H])c1F.[2H]c1c([2H])c(C([2H])([2H])Sc2nc(=O)c3c(n2C([2H])([2H])C(=O)N(CCN(CC)CC)C([2H])([2H])c2ccc(-c4ccc(C(F)(F)F)cc4)cc2)C([2H])([2H])C([2H])(C)C3([2H])[2H])c([2H])c([2H])c1F. The molecule has 18 nitrogen and oxygen atoms in total. The number of carbonyl (C=O) groups is 3. The topological polar surface area (TPSA) is 175 Å². The van der Waals surface area contributed by atoms with E-state index in [2.05, 4.69) is 15.0 Å². The van der Waals surface area contributed by atoms with Crippen molar-refractivity contribution in [1.29, 1.82) is 0 Å². The summed E-state index contributed by atoms with van der Waals surface area (Å²) in [6, 6.07) is -0.991. The third kappa shape index (κ3) is 29.3. The van der Waals surface area contributed by atoms with E-state index >= 15 is 0 Å². The number of hydrogen-bond donors (Lipinski definition) is 0. The lowest BCUT2D eigenvalue weighted by atomic mass is 9.82. The number of allylic oxidation sites excluding steroid dienone is 7. The molecule has 766 valence electrons. The van der Waals surface area contributed by atoms with Crippen LogP contribution in [0.25, 0.3) is 22.3 Å². The fraction of sp³-hybridized carbons (Fsp3) is 0.414. The molecular formula is C111H124F12N12O6S3. The Bertz CT molecular complexity index is 8670. The number of rotatable bonds is 39. The Morgan fingerprint density at radius 1 is 0.444 bits per heavy atom. The van der Waals surface area contributed by atoms with Gasteiger partial charge < -0.3 is 43.1 Å². The molecule has 6 unspecified atom stereocenters. The van der Waals surface area contributed by atoms with Crippen LogP contribution in [-0.4, -0.2) is 167 Å². The van der Waals surface area contributed by atoms with Gasteiger partial charge in [-0.25, -0.2) is 13.2 Å². The van der Waals surface area contributed by atoms with E-state index in [1.165, 1.54) is 67.6 Å². The van der Waals surface area contributed by atoms with Crippen LogP contribution in [0, 0.1) is 29.3 Å². The predicted octanol–water partition coefficient (Wildman–Crippen LogP) is 22.7. The van der Waals surface area contributed by atoms with Crippen molar-refractivity contribution in [2.75, 3.05) is 85.0 Å². The molecule has 0 bridgehead atoms. The maximum absolute atomic E-state index is 15.0. The van der Waals surface area contributed by atoms with E-state index < -0.39 is 356 Å². The molecule has 3 amide bonds. The number of aromatic nitrogens is 6. The summed E-state index contributed by atoms with van der Waals surface area (Å²) in [5, 5.41) is -2.76. The third-order valence-corrected chi connectivity index (χ3v) is 25.4. The van der Waals surface area contributed by atoms with Gasteiger partial charge in [-0.2, -0.15) is 54.5 Å². The molecule has 0 aliphatic heterocycles. The van der Waals surface area contributed by atoms with Gasteiger partial charge >= 0.3 is 18.5 Å². The number of fused-ring (bicyclic) bond motifs is 3. The van der Waals surface area contributed by atoms with E-state index in [0.29, 0.717) is 82.3 Å². The fourth-order valence-corrected chi connectivity index (χ4v) is 17.2. The van der Waals surface area contributed by atoms with Crippen LogP contribution in [0.2, 0.25) is 0 Å². The van der Waals surface area contributed by atoms with Crippen LogP contribution in [0.1, 0.15) is 229 Å². The maximum atomic E-state index is 15.0. The van der Waals surface area contributed by atoms with Crippen molar-refractivity contribution in [2.45, 2.75) is 216 Å². The van der Waals surface area contributed by atoms with Gasteiger partial charge in [0.15, 0.2) is 15.5 Å². The fourth-order valence-electron chi connectivity index (χ4n) is 15.2. The Morgan fingerprint density at radius 3 is 1.23 bits per heavy atom. The van der Waals surface area contributed by atoms with Gasteiger partial charge in [0.05, 0.1) is 54.2 Å². The van der Waals surface area contributed by atoms with Crippen LogP contribution in [0.4, 0.5) is 52.7 Å². The first-order chi connectivity index (χ1) is 85.1. The zero-order valence-corrected chi connectivity index (χ0v) is 81.3. The van der Waals surface area contributed by atoms with Crippen molar-refractivity contribution >= 4 is 53.0 Å². The second kappa shape index (κ2) is 50.6. The van der Waals surface area contributed by atoms with Crippen molar-refractivity contribution in [3.05, 3.63) is 337 Å². The summed E-state index contributed by atoms with van der Waals surface area (Å²) in [4.78, 5) is 104. The molecule has 0 saturated heterocycles. The number of likely N-dealkylation sites (N-methyl/N-ethyl adjacent to an activating group) is 3. The Morgan fingerprint density at radius 2 is 0.819 bits per heavy atom. The van der Waals surface area contributed by atoms with Crippen LogP contribution < -0.4 is 16.7 Å². The van der Waals surface area contributed by atoms with Crippen molar-refractivity contribution in [3.8, 4) is 22.3 Å². The van der Waals surface area contributed by atoms with E-state index in [4.69, 9.17) is 41.1 Å². The molecule has 0 N–H and O–H groups in total. The maximum Gasteiger partial charge on any atom is 0.416 e. The van der Waals surface area contributed by atoms with E-state index in [0.717, 1.165) is 47.6 Å². The molecule has 15 rings (SSSR count). The largest absolute Gasteiger partial charge is 0.416 e. The second-order valence-corrected chi connectivity index (χ2v) is 34.6. The van der Waals surface area contributed by atoms with E-state index in [1.54, 1.807) is 49.6 Å². The molecule has 6 atom stereocenters. The van der Waals surface area contributed by atoms with Gasteiger partial charge in [-0.15, -0.1) is 0 Å². The summed E-state index contributed by atoms with van der Waals surface area (Å²) >= 11 is -0.356. The summed E-state index contributed by atoms with van der Waals surface area (Å²) in [7, 11) is 0. The minimum Gasteiger partial charge on any atom is -0.336 e. The molecule has 10 aromatic rings. The third-order valence-electron chi connectivity index (χ3n) is 23.1. The van der Waals surface area contributed by atoms with Crippen LogP contribution in [0.15, 0.2) is 246 Å². The number of amides is 3. The number of benzene rings is 7. The summed E-state index contributed by atoms with van der Waals surface area (Å²) < 4.78 is 524. The van der Waals surface area contributed by atoms with Crippen LogP contribution in [0.3, 0.4) is 0 Å². The molecule has 0 saturated carbocycles. The first-order valence-corrected chi connectivity index (χ1v) is 47.7. The Hall–Kier alpha value is -11.4. The first-order valence-electron chi connectivity index (χ1n) is 66.0. The van der Waals surface area contributed by atoms with Gasteiger partial charge in [-0.05, 0) is 250 Å². The molecule has 0 spiro atoms. The lowest BCUT2D eigenvalue weighted by molar-refractivity contribution is -0.138. The standard InChI is InChI=1S/2C37H40F4N4O2S.C37H44F4N4O2S/c1-4-43(5-2)18-19-44(22-26-6-10-28(11-7-26)29-12-14-30(15-13-29)37(39,40)41)34(46)23-45-33-21-25(3)20-32(33)35(47)42-36(45)48-24-27-8-16-31(38)17-9-27;1-4-43(5-2)21-22-44(25(3)27-11-13-28(14-12-27)29-15-17-30(18-16-29)37(39,40)41)34(46)23-45-33-8-6-7-32(33)35(47)42-36(45)48-24-26-9-19-31(38)20-10-26;1-4-43(5-2)19-20-44(22-26-9-13-28(14-10-26)29-15-18-32(25(3)21-29)37(39,40)41)34(46)23-45-33-8-6-7-31(33)35(47)42-36(45)48-24-27-11-16-30(38)17-12-27/h6-17,25H,4-5,18-24H2,1-3H3;9-20,25H,4-8,21-24H2,1-3H3;9,11-13,15-18,25H,4-8,10,14,19-24H2,1-3H3/i8D,9D,16D,17D,20D2,21D2,22D2,23D2,24D2,25D;9D,10D,19D,20D,23D2,24D2,25D;9D,10D,11D,12D,13D,14D,15D,16D,17D,18D,21D,22D2,23D2,24D2. The zero-order valence-electron chi connectivity index (χ0n) is 120. The summed E-state index contributed by atoms with van der Waals surface area (Å²) in [5.74, 6) is -14.3. The number of carbonyl (C=O) groups excluding carboxylic acids is 3. The molecule has 3 heterocycles. The molecule has 3 aromatic heterocycles. The quantitative estimate of drug-likeness (QED) is 0.0202. The highest BCUT2D eigenvalue weighted by Gasteiger charge is 2.40. The Balaban J connectivity index is 0.000000225. The van der Waals surface area contributed by atoms with Crippen LogP contribution in [-0.2, 0) is 108 Å². The highest BCUT2D eigenvalue weighted by molar-refractivity contribution is 7.98. The molecular weight excluding hydrogens is 1920 g/mol. The average Bonchev–Trinajstić information content (AvgIpc) is 1.51. The normalized spacial score (nSPS) is 23.4. The Labute approximate surface area is 903 Å². The van der Waals surface area contributed by atoms with E-state index in [1.807, 2.05) is 18.7 Å². The Kier molecular flexibility index (Phi) is 23.5. The zero-order chi connectivity index (χ0) is 140. The molecule has 144 heavy (non-hydrogen) atoms. The highest BCUT2D eigenvalue weighted by Crippen LogP contribution is 2.42. The minimum atomic E-state index is -5.12. The number of halogens is 12. The van der Waals surface area contributed by atoms with Crippen LogP contribution >= 0.6 is 35.3 Å². The summed E-state index contributed by atoms with van der Waals surface area (Å²) in [6.45, 7) is -2.16. The van der Waals surface area contributed by atoms with Gasteiger partial charge in [-0.1, -0.05) is 230 Å². The molecule has 5 aliphatic rings. The number of alkyl halides is 9. The van der Waals surface area contributed by atoms with Crippen molar-refractivity contribution in [2.24, 2.45) is 11.8 Å². The minimum absolute atomic E-state index is 0.0246. The number of thioether (sulfide) groups is 3. The van der Waals surface area contributed by atoms with Crippen LogP contribution in [0.5, 0.6) is 0 Å². The average molecular weight is 2090 g/mol. The smallest absolute Gasteiger partial charge is 0.336 e. The second-order valence-electron chi connectivity index (χ2n) is 32.3. The van der Waals surface area contributed by atoms with Crippen molar-refractivity contribution in [1.82, 2.24) is 58.1 Å². The molecule has 0 radical (unpaired) electrons. The molecule has 33 heteroatoms. The summed E-state index contributed by atoms with van der Waals surface area (Å²) in [6.07, 6.45) is -26.6. The predicted molar refractivity (Wildman–Crippen MR) is 545 cm³/mol. The monoisotopic (exact) mass is 2090 g/mol. The molecule has 0 fully saturated rings. The van der Waals surface area contributed by atoms with Gasteiger partial charge in [0.1, 0.15) is 36.9 Å². The van der Waals surface area contributed by atoms with Gasteiger partial charge in [0.2, 0.25) is 17.7 Å². The van der Waals surface area contributed by atoms with Gasteiger partial charge in [0, 0.05) is 128 Å². The molecule has 5 aliphatic carbocycles. The number of nitrogens with zero attached hydrogens (tertiary/aromatic N) is 12. The molecule has 7 aromatic carbocycles. The summed E-state index contributed by atoms with van der Waals surface area (Å²) in [5.41, 5.74) is -22.6. The lowest BCUT2D eigenvalue weighted by Gasteiger charge is -2.33. The van der Waals surface area contributed by atoms with Gasteiger partial charge in [-0.3, -0.25) is 28.8 Å². The van der Waals surface area contributed by atoms with Crippen molar-refractivity contribution < 1.29 is 123 Å². The number of hydrogen-bond acceptors (Lipinski definition) is 15. The van der Waals surface area contributed by atoms with E-state index in [-0.39, 0.29) is 132 Å². The van der Waals surface area contributed by atoms with Crippen molar-refractivity contribution in [3.63, 3.8) is 0 Å². The first kappa shape index (κ1) is 66.7. The van der Waals surface area contributed by atoms with Gasteiger partial charge in [0.25, 0.3) is 16.7 Å². The highest BCUT2D eigenvalue weighted by atomic mass is 32.2.